The number of hydrogen-bond donors (Lipinski definition) is 2. The molecule has 4 nitrogen and oxygen atoms in total. The fraction of sp³-hybridized carbons (Fsp3) is 0.450. The van der Waals surface area contributed by atoms with Gasteiger partial charge in [0.15, 0.2) is 0 Å². The van der Waals surface area contributed by atoms with E-state index in [0.717, 1.165) is 36.1 Å². The lowest BCUT2D eigenvalue weighted by Crippen LogP contribution is -2.42. The second kappa shape index (κ2) is 8.61. The van der Waals surface area contributed by atoms with Crippen molar-refractivity contribution in [2.75, 3.05) is 6.54 Å². The van der Waals surface area contributed by atoms with Gasteiger partial charge in [-0.3, -0.25) is 4.79 Å². The highest BCUT2D eigenvalue weighted by atomic mass is 32.1. The lowest BCUT2D eigenvalue weighted by atomic mass is 9.85. The number of aliphatic hydroxyl groups is 1. The molecule has 0 saturated heterocycles. The number of thiophene rings is 1. The molecule has 1 heterocycles. The molecule has 1 fully saturated rings. The van der Waals surface area contributed by atoms with Crippen LogP contribution in [0.2, 0.25) is 0 Å². The zero-order chi connectivity index (χ0) is 17.6. The van der Waals surface area contributed by atoms with Gasteiger partial charge in [-0.25, -0.2) is 0 Å². The van der Waals surface area contributed by atoms with Crippen LogP contribution in [-0.2, 0) is 11.3 Å². The minimum Gasteiger partial charge on any atom is -0.386 e. The van der Waals surface area contributed by atoms with Gasteiger partial charge in [0, 0.05) is 23.4 Å². The first-order valence-corrected chi connectivity index (χ1v) is 9.81. The molecule has 1 amide bonds. The molecule has 1 aromatic carbocycles. The van der Waals surface area contributed by atoms with E-state index in [1.807, 2.05) is 52.7 Å². The summed E-state index contributed by atoms with van der Waals surface area (Å²) in [6.07, 6.45) is 3.00. The van der Waals surface area contributed by atoms with Crippen LogP contribution in [0.1, 0.15) is 42.2 Å². The number of amides is 1. The number of hydrogen-bond acceptors (Lipinski definition) is 4. The van der Waals surface area contributed by atoms with Crippen molar-refractivity contribution in [1.29, 1.82) is 0 Å². The molecule has 1 aromatic heterocycles. The molecular weight excluding hydrogens is 332 g/mol. The smallest absolute Gasteiger partial charge is 0.226 e. The van der Waals surface area contributed by atoms with E-state index in [2.05, 4.69) is 0 Å². The van der Waals surface area contributed by atoms with Gasteiger partial charge in [0.25, 0.3) is 0 Å². The molecule has 0 spiro atoms. The van der Waals surface area contributed by atoms with Crippen LogP contribution in [0.4, 0.5) is 0 Å². The van der Waals surface area contributed by atoms with Gasteiger partial charge in [0.05, 0.1) is 6.54 Å². The summed E-state index contributed by atoms with van der Waals surface area (Å²) >= 11 is 1.52. The van der Waals surface area contributed by atoms with E-state index >= 15 is 0 Å². The van der Waals surface area contributed by atoms with E-state index in [1.165, 1.54) is 11.3 Å². The largest absolute Gasteiger partial charge is 0.386 e. The molecule has 3 unspecified atom stereocenters. The van der Waals surface area contributed by atoms with E-state index in [1.54, 1.807) is 0 Å². The van der Waals surface area contributed by atoms with E-state index in [4.69, 9.17) is 5.73 Å². The summed E-state index contributed by atoms with van der Waals surface area (Å²) in [5.41, 5.74) is 7.15. The van der Waals surface area contributed by atoms with Gasteiger partial charge in [-0.2, -0.15) is 0 Å². The molecule has 1 aliphatic rings. The third-order valence-electron chi connectivity index (χ3n) is 4.86. The molecular formula is C20H26N2O2S. The summed E-state index contributed by atoms with van der Waals surface area (Å²) in [7, 11) is 0. The molecule has 134 valence electrons. The quantitative estimate of drug-likeness (QED) is 0.832. The van der Waals surface area contributed by atoms with Crippen molar-refractivity contribution < 1.29 is 9.90 Å². The minimum absolute atomic E-state index is 0.0250. The summed E-state index contributed by atoms with van der Waals surface area (Å²) in [5.74, 6) is 0.0950. The lowest BCUT2D eigenvalue weighted by molar-refractivity contribution is -0.139. The van der Waals surface area contributed by atoms with E-state index in [0.29, 0.717) is 13.1 Å². The van der Waals surface area contributed by atoms with E-state index in [9.17, 15) is 9.90 Å². The maximum absolute atomic E-state index is 13.1. The van der Waals surface area contributed by atoms with Crippen molar-refractivity contribution in [3.8, 4) is 0 Å². The standard InChI is InChI=1S/C20H26N2O2S/c21-17-9-4-8-16(12-17)20(24)22(13-15-6-2-1-3-7-15)14-18(23)19-10-5-11-25-19/h1-3,5-7,10-11,16-18,23H,4,8-9,12-14,21H2. The monoisotopic (exact) mass is 358 g/mol. The Kier molecular flexibility index (Phi) is 6.24. The molecule has 1 saturated carbocycles. The highest BCUT2D eigenvalue weighted by Gasteiger charge is 2.30. The Morgan fingerprint density at radius 2 is 2.04 bits per heavy atom. The van der Waals surface area contributed by atoms with Crippen LogP contribution in [-0.4, -0.2) is 28.5 Å². The molecule has 3 atom stereocenters. The molecule has 25 heavy (non-hydrogen) atoms. The summed E-state index contributed by atoms with van der Waals surface area (Å²) in [6.45, 7) is 0.841. The predicted octanol–water partition coefficient (Wildman–Crippen LogP) is 3.33. The van der Waals surface area contributed by atoms with Crippen molar-refractivity contribution in [3.05, 3.63) is 58.3 Å². The van der Waals surface area contributed by atoms with E-state index in [-0.39, 0.29) is 17.9 Å². The summed E-state index contributed by atoms with van der Waals surface area (Å²) in [4.78, 5) is 15.8. The number of carbonyl (C=O) groups is 1. The summed E-state index contributed by atoms with van der Waals surface area (Å²) in [5, 5.41) is 12.5. The molecule has 3 rings (SSSR count). The number of benzene rings is 1. The van der Waals surface area contributed by atoms with Crippen LogP contribution in [0.25, 0.3) is 0 Å². The first kappa shape index (κ1) is 18.1. The number of carbonyl (C=O) groups excluding carboxylic acids is 1. The Morgan fingerprint density at radius 1 is 1.24 bits per heavy atom. The third-order valence-corrected chi connectivity index (χ3v) is 5.83. The second-order valence-corrected chi connectivity index (χ2v) is 7.84. The molecule has 2 aromatic rings. The predicted molar refractivity (Wildman–Crippen MR) is 101 cm³/mol. The average Bonchev–Trinajstić information content (AvgIpc) is 3.16. The van der Waals surface area contributed by atoms with Crippen LogP contribution >= 0.6 is 11.3 Å². The fourth-order valence-electron chi connectivity index (χ4n) is 3.53. The maximum Gasteiger partial charge on any atom is 0.226 e. The number of nitrogens with two attached hydrogens (primary N) is 1. The van der Waals surface area contributed by atoms with Crippen LogP contribution in [0, 0.1) is 5.92 Å². The first-order valence-electron chi connectivity index (χ1n) is 8.93. The van der Waals surface area contributed by atoms with Crippen molar-refractivity contribution >= 4 is 17.2 Å². The molecule has 5 heteroatoms. The molecule has 1 aliphatic carbocycles. The fourth-order valence-corrected chi connectivity index (χ4v) is 4.23. The molecule has 0 bridgehead atoms. The topological polar surface area (TPSA) is 66.6 Å². The van der Waals surface area contributed by atoms with Gasteiger partial charge in [-0.1, -0.05) is 42.8 Å². The summed E-state index contributed by atoms with van der Waals surface area (Å²) in [6, 6.07) is 13.9. The SMILES string of the molecule is NC1CCCC(C(=O)N(Cc2ccccc2)CC(O)c2cccs2)C1. The average molecular weight is 359 g/mol. The third kappa shape index (κ3) is 4.91. The first-order chi connectivity index (χ1) is 12.1. The Balaban J connectivity index is 1.74. The van der Waals surface area contributed by atoms with Crippen molar-refractivity contribution in [3.63, 3.8) is 0 Å². The second-order valence-electron chi connectivity index (χ2n) is 6.86. The van der Waals surface area contributed by atoms with Gasteiger partial charge < -0.3 is 15.7 Å². The lowest BCUT2D eigenvalue weighted by Gasteiger charge is -2.32. The van der Waals surface area contributed by atoms with Crippen molar-refractivity contribution in [1.82, 2.24) is 4.90 Å². The van der Waals surface area contributed by atoms with Crippen molar-refractivity contribution in [2.24, 2.45) is 11.7 Å². The number of nitrogens with zero attached hydrogens (tertiary/aromatic N) is 1. The Morgan fingerprint density at radius 3 is 2.72 bits per heavy atom. The highest BCUT2D eigenvalue weighted by molar-refractivity contribution is 7.10. The maximum atomic E-state index is 13.1. The normalized spacial score (nSPS) is 21.7. The van der Waals surface area contributed by atoms with Gasteiger partial charge in [-0.05, 0) is 36.3 Å². The van der Waals surface area contributed by atoms with Crippen molar-refractivity contribution in [2.45, 2.75) is 44.4 Å². The zero-order valence-corrected chi connectivity index (χ0v) is 15.2. The zero-order valence-electron chi connectivity index (χ0n) is 14.4. The van der Waals surface area contributed by atoms with Crippen LogP contribution in [0.15, 0.2) is 47.8 Å². The van der Waals surface area contributed by atoms with Gasteiger partial charge in [0.1, 0.15) is 6.10 Å². The highest BCUT2D eigenvalue weighted by Crippen LogP contribution is 2.27. The van der Waals surface area contributed by atoms with E-state index < -0.39 is 6.10 Å². The van der Waals surface area contributed by atoms with Gasteiger partial charge in [0.2, 0.25) is 5.91 Å². The number of rotatable bonds is 6. The molecule has 0 radical (unpaired) electrons. The molecule has 0 aliphatic heterocycles. The Labute approximate surface area is 153 Å². The molecule has 3 N–H and O–H groups in total. The summed E-state index contributed by atoms with van der Waals surface area (Å²) < 4.78 is 0. The van der Waals surface area contributed by atoms with Gasteiger partial charge >= 0.3 is 0 Å². The number of aliphatic hydroxyl groups excluding tert-OH is 1. The van der Waals surface area contributed by atoms with Crippen LogP contribution in [0.5, 0.6) is 0 Å². The van der Waals surface area contributed by atoms with Gasteiger partial charge in [-0.15, -0.1) is 11.3 Å². The Hall–Kier alpha value is -1.69. The van der Waals surface area contributed by atoms with Crippen LogP contribution < -0.4 is 5.73 Å². The minimum atomic E-state index is -0.648. The van der Waals surface area contributed by atoms with Crippen LogP contribution in [0.3, 0.4) is 0 Å². The Bertz CT molecular complexity index is 660.